The fraction of sp³-hybridized carbons (Fsp3) is 0.286. The second-order valence-electron chi connectivity index (χ2n) is 3.04. The number of ketones is 1. The van der Waals surface area contributed by atoms with Crippen LogP contribution in [0, 0.1) is 6.92 Å². The molecule has 0 spiro atoms. The summed E-state index contributed by atoms with van der Waals surface area (Å²) in [6, 6.07) is 0. The van der Waals surface area contributed by atoms with Crippen molar-refractivity contribution in [3.8, 4) is 0 Å². The van der Waals surface area contributed by atoms with Crippen molar-refractivity contribution in [1.29, 1.82) is 0 Å². The van der Waals surface area contributed by atoms with Gasteiger partial charge in [-0.2, -0.15) is 0 Å². The van der Waals surface area contributed by atoms with Crippen molar-refractivity contribution in [2.75, 3.05) is 0 Å². The monoisotopic (exact) mass is 205 g/mol. The Morgan fingerprint density at radius 1 is 1.33 bits per heavy atom. The van der Waals surface area contributed by atoms with Gasteiger partial charge in [0.15, 0.2) is 0 Å². The molecule has 0 aliphatic rings. The lowest BCUT2D eigenvalue weighted by molar-refractivity contribution is -0.116. The van der Waals surface area contributed by atoms with E-state index in [0.29, 0.717) is 6.42 Å². The molecule has 0 aliphatic heterocycles. The maximum atomic E-state index is 10.7. The summed E-state index contributed by atoms with van der Waals surface area (Å²) in [6.07, 6.45) is 6.50. The first kappa shape index (κ1) is 16.1. The van der Waals surface area contributed by atoms with Gasteiger partial charge < -0.3 is 0 Å². The Kier molecular flexibility index (Phi) is 11.5. The molecule has 0 saturated carbocycles. The molecule has 0 aromatic carbocycles. The Morgan fingerprint density at radius 3 is 2.07 bits per heavy atom. The number of hydrogen-bond donors (Lipinski definition) is 0. The molecular weight excluding hydrogens is 184 g/mol. The summed E-state index contributed by atoms with van der Waals surface area (Å²) in [6.45, 7) is 18.0. The van der Waals surface area contributed by atoms with E-state index in [0.717, 1.165) is 17.6 Å². The standard InChI is InChI=1S/C11H14O.C3H7/c1-5-7-11(6-2)9(3)8-10(4)12;1-3-2/h5-7H,1-3,8H2,4H3;1,3H2,2H3/b11-7+;. The van der Waals surface area contributed by atoms with Crippen molar-refractivity contribution in [3.63, 3.8) is 0 Å². The molecule has 1 nitrogen and oxygen atoms in total. The number of carbonyl (C=O) groups is 1. The van der Waals surface area contributed by atoms with E-state index in [1.165, 1.54) is 0 Å². The summed E-state index contributed by atoms with van der Waals surface area (Å²) in [5, 5.41) is 0. The highest BCUT2D eigenvalue weighted by atomic mass is 16.1. The van der Waals surface area contributed by atoms with Gasteiger partial charge in [0.1, 0.15) is 5.78 Å². The summed E-state index contributed by atoms with van der Waals surface area (Å²) < 4.78 is 0. The van der Waals surface area contributed by atoms with E-state index in [1.807, 2.05) is 6.92 Å². The van der Waals surface area contributed by atoms with Gasteiger partial charge in [0, 0.05) is 6.42 Å². The highest BCUT2D eigenvalue weighted by molar-refractivity contribution is 5.79. The Balaban J connectivity index is 0. The number of hydrogen-bond acceptors (Lipinski definition) is 1. The third-order valence-corrected chi connectivity index (χ3v) is 1.39. The highest BCUT2D eigenvalue weighted by Gasteiger charge is 2.00. The van der Waals surface area contributed by atoms with Crippen molar-refractivity contribution < 1.29 is 4.79 Å². The molecular formula is C14H21O. The molecule has 83 valence electrons. The average Bonchev–Trinajstić information content (AvgIpc) is 2.14. The van der Waals surface area contributed by atoms with Gasteiger partial charge in [-0.1, -0.05) is 58.2 Å². The molecule has 15 heavy (non-hydrogen) atoms. The molecule has 1 heteroatoms. The molecule has 0 aliphatic carbocycles. The predicted octanol–water partition coefficient (Wildman–Crippen LogP) is 4.05. The van der Waals surface area contributed by atoms with E-state index < -0.39 is 0 Å². The Morgan fingerprint density at radius 2 is 1.80 bits per heavy atom. The van der Waals surface area contributed by atoms with Gasteiger partial charge in [-0.05, 0) is 18.1 Å². The van der Waals surface area contributed by atoms with Crippen LogP contribution in [0.4, 0.5) is 0 Å². The third kappa shape index (κ3) is 10.6. The van der Waals surface area contributed by atoms with Gasteiger partial charge in [-0.3, -0.25) is 4.79 Å². The number of rotatable bonds is 5. The van der Waals surface area contributed by atoms with Crippen LogP contribution in [0.1, 0.15) is 26.7 Å². The molecule has 0 saturated heterocycles. The minimum absolute atomic E-state index is 0.108. The van der Waals surface area contributed by atoms with Gasteiger partial charge >= 0.3 is 0 Å². The van der Waals surface area contributed by atoms with Crippen molar-refractivity contribution in [3.05, 3.63) is 56.0 Å². The minimum atomic E-state index is 0.108. The van der Waals surface area contributed by atoms with Crippen LogP contribution in [0.15, 0.2) is 49.1 Å². The van der Waals surface area contributed by atoms with Gasteiger partial charge in [0.2, 0.25) is 0 Å². The molecule has 0 N–H and O–H groups in total. The summed E-state index contributed by atoms with van der Waals surface area (Å²) in [5.41, 5.74) is 1.66. The normalized spacial score (nSPS) is 9.67. The van der Waals surface area contributed by atoms with Crippen LogP contribution in [-0.4, -0.2) is 5.78 Å². The predicted molar refractivity (Wildman–Crippen MR) is 68.6 cm³/mol. The minimum Gasteiger partial charge on any atom is -0.300 e. The zero-order chi connectivity index (χ0) is 12.3. The zero-order valence-corrected chi connectivity index (χ0v) is 9.88. The van der Waals surface area contributed by atoms with Gasteiger partial charge in [-0.25, -0.2) is 0 Å². The summed E-state index contributed by atoms with van der Waals surface area (Å²) in [4.78, 5) is 10.7. The van der Waals surface area contributed by atoms with Crippen LogP contribution in [0.3, 0.4) is 0 Å². The van der Waals surface area contributed by atoms with E-state index >= 15 is 0 Å². The molecule has 0 amide bonds. The fourth-order valence-electron chi connectivity index (χ4n) is 0.860. The third-order valence-electron chi connectivity index (χ3n) is 1.39. The van der Waals surface area contributed by atoms with E-state index in [4.69, 9.17) is 0 Å². The lowest BCUT2D eigenvalue weighted by Gasteiger charge is -2.02. The number of allylic oxidation sites excluding steroid dienone is 5. The number of carbonyl (C=O) groups excluding carboxylic acids is 1. The Labute approximate surface area is 93.9 Å². The molecule has 0 fully saturated rings. The molecule has 0 bridgehead atoms. The van der Waals surface area contributed by atoms with E-state index in [1.54, 1.807) is 25.2 Å². The average molecular weight is 205 g/mol. The van der Waals surface area contributed by atoms with E-state index in [2.05, 4.69) is 26.7 Å². The summed E-state index contributed by atoms with van der Waals surface area (Å²) in [5.74, 6) is 0.108. The van der Waals surface area contributed by atoms with Gasteiger partial charge in [-0.15, -0.1) is 0 Å². The first-order chi connectivity index (χ1) is 7.03. The van der Waals surface area contributed by atoms with Gasteiger partial charge in [0.25, 0.3) is 0 Å². The van der Waals surface area contributed by atoms with Crippen molar-refractivity contribution in [2.45, 2.75) is 26.7 Å². The van der Waals surface area contributed by atoms with Crippen LogP contribution in [-0.2, 0) is 4.79 Å². The molecule has 0 heterocycles. The van der Waals surface area contributed by atoms with Crippen LogP contribution >= 0.6 is 0 Å². The quantitative estimate of drug-likeness (QED) is 0.619. The molecule has 0 aromatic heterocycles. The highest BCUT2D eigenvalue weighted by Crippen LogP contribution is 2.12. The Bertz CT molecular complexity index is 257. The lowest BCUT2D eigenvalue weighted by atomic mass is 10.0. The zero-order valence-electron chi connectivity index (χ0n) is 9.88. The smallest absolute Gasteiger partial charge is 0.134 e. The summed E-state index contributed by atoms with van der Waals surface area (Å²) >= 11 is 0. The largest absolute Gasteiger partial charge is 0.300 e. The van der Waals surface area contributed by atoms with Crippen LogP contribution < -0.4 is 0 Å². The van der Waals surface area contributed by atoms with Gasteiger partial charge in [0.05, 0.1) is 0 Å². The first-order valence-corrected chi connectivity index (χ1v) is 4.95. The molecule has 0 aromatic rings. The first-order valence-electron chi connectivity index (χ1n) is 4.95. The van der Waals surface area contributed by atoms with Crippen LogP contribution in [0.25, 0.3) is 0 Å². The topological polar surface area (TPSA) is 17.1 Å². The SMILES string of the molecule is C=C/C=C(\C=C)C(=C)CC(C)=O.[CH2]CC. The maximum absolute atomic E-state index is 10.7. The molecule has 0 atom stereocenters. The molecule has 0 unspecified atom stereocenters. The maximum Gasteiger partial charge on any atom is 0.134 e. The lowest BCUT2D eigenvalue weighted by Crippen LogP contribution is -1.93. The van der Waals surface area contributed by atoms with Crippen molar-refractivity contribution in [2.24, 2.45) is 0 Å². The second kappa shape index (κ2) is 10.7. The van der Waals surface area contributed by atoms with E-state index in [9.17, 15) is 4.79 Å². The number of Topliss-reactive ketones (excluding diaryl/α,β-unsaturated/α-hetero) is 1. The van der Waals surface area contributed by atoms with Crippen LogP contribution in [0.2, 0.25) is 0 Å². The van der Waals surface area contributed by atoms with E-state index in [-0.39, 0.29) is 5.78 Å². The fourth-order valence-corrected chi connectivity index (χ4v) is 0.860. The van der Waals surface area contributed by atoms with Crippen LogP contribution in [0.5, 0.6) is 0 Å². The second-order valence-corrected chi connectivity index (χ2v) is 3.04. The summed E-state index contributed by atoms with van der Waals surface area (Å²) in [7, 11) is 0. The molecule has 0 rings (SSSR count). The van der Waals surface area contributed by atoms with Crippen molar-refractivity contribution in [1.82, 2.24) is 0 Å². The molecule has 1 radical (unpaired) electrons. The Hall–Kier alpha value is -1.37. The van der Waals surface area contributed by atoms with Crippen molar-refractivity contribution >= 4 is 5.78 Å².